The average Bonchev–Trinajstić information content (AvgIpc) is 2.03. The smallest absolute Gasteiger partial charge is 0 e. The number of unbranched alkanes of at least 4 members (excludes halogenated alkanes) is 2. The Kier molecular flexibility index (Phi) is 17.5. The van der Waals surface area contributed by atoms with E-state index in [2.05, 4.69) is 5.32 Å². The normalized spacial score (nSPS) is 9.50. The van der Waals surface area contributed by atoms with Crippen LogP contribution in [0.2, 0.25) is 0 Å². The third-order valence-corrected chi connectivity index (χ3v) is 1.62. The van der Waals surface area contributed by atoms with Gasteiger partial charge in [0.05, 0.1) is 0 Å². The van der Waals surface area contributed by atoms with Gasteiger partial charge in [-0.1, -0.05) is 6.42 Å². The predicted molar refractivity (Wildman–Crippen MR) is 55.2 cm³/mol. The van der Waals surface area contributed by atoms with Gasteiger partial charge in [-0.05, 0) is 45.4 Å². The Bertz CT molecular complexity index is 63.3. The Hall–Kier alpha value is 0.477. The number of hydrogen-bond acceptors (Lipinski definition) is 3. The first kappa shape index (κ1) is 15.0. The zero-order chi connectivity index (χ0) is 8.36. The van der Waals surface area contributed by atoms with Crippen LogP contribution in [0.4, 0.5) is 0 Å². The van der Waals surface area contributed by atoms with E-state index in [-0.39, 0.29) is 18.9 Å². The van der Waals surface area contributed by atoms with E-state index in [1.165, 1.54) is 12.8 Å². The summed E-state index contributed by atoms with van der Waals surface area (Å²) in [7, 11) is 0. The molecule has 0 aliphatic rings. The van der Waals surface area contributed by atoms with Crippen molar-refractivity contribution in [2.75, 3.05) is 26.2 Å². The van der Waals surface area contributed by atoms with Crippen LogP contribution >= 0.6 is 0 Å². The molecule has 0 bridgehead atoms. The molecule has 3 nitrogen and oxygen atoms in total. The molecular weight excluding hydrogens is 145 g/mol. The largest absolute Gasteiger partial charge is 0.330 e. The minimum absolute atomic E-state index is 0. The van der Waals surface area contributed by atoms with Gasteiger partial charge in [-0.15, -0.1) is 0 Å². The van der Waals surface area contributed by atoms with Crippen LogP contribution in [0.1, 0.15) is 25.7 Å². The van der Waals surface area contributed by atoms with Gasteiger partial charge in [0.1, 0.15) is 0 Å². The standard InChI is InChI=1S/C8H21N3.Li/c9-5-2-1-3-7-11-8-4-6-10;/h11H,1-10H2;. The molecule has 0 aromatic rings. The second kappa shape index (κ2) is 14.0. The maximum Gasteiger partial charge on any atom is 0 e. The van der Waals surface area contributed by atoms with Crippen molar-refractivity contribution in [3.05, 3.63) is 0 Å². The zero-order valence-corrected chi connectivity index (χ0v) is 8.31. The van der Waals surface area contributed by atoms with Gasteiger partial charge in [0, 0.05) is 18.9 Å². The molecule has 0 heterocycles. The molecular formula is C8H21LiN3. The monoisotopic (exact) mass is 166 g/mol. The summed E-state index contributed by atoms with van der Waals surface area (Å²) in [6, 6.07) is 0. The van der Waals surface area contributed by atoms with Crippen molar-refractivity contribution in [1.82, 2.24) is 5.32 Å². The van der Waals surface area contributed by atoms with Crippen molar-refractivity contribution in [2.45, 2.75) is 25.7 Å². The van der Waals surface area contributed by atoms with Gasteiger partial charge in [0.25, 0.3) is 0 Å². The first-order chi connectivity index (χ1) is 5.41. The van der Waals surface area contributed by atoms with E-state index in [4.69, 9.17) is 11.5 Å². The molecule has 0 aromatic heterocycles. The van der Waals surface area contributed by atoms with Crippen LogP contribution in [0.15, 0.2) is 0 Å². The average molecular weight is 166 g/mol. The SMILES string of the molecule is NCCCCCNCCCN.[Li]. The van der Waals surface area contributed by atoms with Crippen molar-refractivity contribution in [1.29, 1.82) is 0 Å². The van der Waals surface area contributed by atoms with E-state index in [1.807, 2.05) is 0 Å². The van der Waals surface area contributed by atoms with Crippen molar-refractivity contribution in [3.63, 3.8) is 0 Å². The van der Waals surface area contributed by atoms with Crippen LogP contribution in [0, 0.1) is 0 Å². The van der Waals surface area contributed by atoms with E-state index in [9.17, 15) is 0 Å². The summed E-state index contributed by atoms with van der Waals surface area (Å²) in [6.07, 6.45) is 4.71. The fourth-order valence-corrected chi connectivity index (χ4v) is 0.923. The molecule has 0 unspecified atom stereocenters. The summed E-state index contributed by atoms with van der Waals surface area (Å²) in [4.78, 5) is 0. The summed E-state index contributed by atoms with van der Waals surface area (Å²) >= 11 is 0. The van der Waals surface area contributed by atoms with Crippen molar-refractivity contribution in [3.8, 4) is 0 Å². The van der Waals surface area contributed by atoms with Gasteiger partial charge in [-0.3, -0.25) is 0 Å². The summed E-state index contributed by atoms with van der Waals surface area (Å²) in [5, 5.41) is 3.32. The quantitative estimate of drug-likeness (QED) is 0.342. The molecule has 0 spiro atoms. The maximum atomic E-state index is 5.35. The minimum atomic E-state index is 0. The predicted octanol–water partition coefficient (Wildman–Crippen LogP) is -0.327. The molecule has 1 radical (unpaired) electrons. The molecule has 69 valence electrons. The Morgan fingerprint density at radius 3 is 1.92 bits per heavy atom. The fraction of sp³-hybridized carbons (Fsp3) is 1.00. The van der Waals surface area contributed by atoms with Crippen LogP contribution in [-0.2, 0) is 0 Å². The molecule has 0 amide bonds. The van der Waals surface area contributed by atoms with Gasteiger partial charge in [-0.2, -0.15) is 0 Å². The van der Waals surface area contributed by atoms with Gasteiger partial charge >= 0.3 is 0 Å². The number of rotatable bonds is 8. The van der Waals surface area contributed by atoms with E-state index in [0.29, 0.717) is 0 Å². The molecule has 0 aromatic carbocycles. The first-order valence-corrected chi connectivity index (χ1v) is 4.52. The first-order valence-electron chi connectivity index (χ1n) is 4.52. The van der Waals surface area contributed by atoms with Crippen LogP contribution < -0.4 is 16.8 Å². The minimum Gasteiger partial charge on any atom is -0.330 e. The topological polar surface area (TPSA) is 64.1 Å². The summed E-state index contributed by atoms with van der Waals surface area (Å²) in [5.74, 6) is 0. The Morgan fingerprint density at radius 2 is 1.33 bits per heavy atom. The van der Waals surface area contributed by atoms with E-state index < -0.39 is 0 Å². The van der Waals surface area contributed by atoms with Crippen molar-refractivity contribution >= 4 is 18.9 Å². The molecule has 0 fully saturated rings. The Morgan fingerprint density at radius 1 is 0.750 bits per heavy atom. The van der Waals surface area contributed by atoms with Crippen LogP contribution in [0.5, 0.6) is 0 Å². The van der Waals surface area contributed by atoms with Gasteiger partial charge < -0.3 is 16.8 Å². The molecule has 0 saturated carbocycles. The van der Waals surface area contributed by atoms with Gasteiger partial charge in [-0.25, -0.2) is 0 Å². The van der Waals surface area contributed by atoms with Crippen LogP contribution in [0.25, 0.3) is 0 Å². The second-order valence-corrected chi connectivity index (χ2v) is 2.74. The number of hydrogen-bond donors (Lipinski definition) is 3. The zero-order valence-electron chi connectivity index (χ0n) is 8.31. The van der Waals surface area contributed by atoms with Gasteiger partial charge in [0.15, 0.2) is 0 Å². The summed E-state index contributed by atoms with van der Waals surface area (Å²) in [6.45, 7) is 3.78. The molecule has 0 aliphatic carbocycles. The van der Waals surface area contributed by atoms with E-state index >= 15 is 0 Å². The van der Waals surface area contributed by atoms with Crippen LogP contribution in [0.3, 0.4) is 0 Å². The molecule has 4 heteroatoms. The molecule has 0 aliphatic heterocycles. The summed E-state index contributed by atoms with van der Waals surface area (Å²) in [5.41, 5.74) is 10.7. The third kappa shape index (κ3) is 13.1. The second-order valence-electron chi connectivity index (χ2n) is 2.74. The molecule has 0 saturated heterocycles. The maximum absolute atomic E-state index is 5.35. The van der Waals surface area contributed by atoms with Gasteiger partial charge in [0.2, 0.25) is 0 Å². The van der Waals surface area contributed by atoms with E-state index in [1.54, 1.807) is 0 Å². The number of nitrogens with one attached hydrogen (secondary N) is 1. The molecule has 0 rings (SSSR count). The fourth-order valence-electron chi connectivity index (χ4n) is 0.923. The van der Waals surface area contributed by atoms with Crippen molar-refractivity contribution < 1.29 is 0 Å². The molecule has 5 N–H and O–H groups in total. The molecule has 12 heavy (non-hydrogen) atoms. The Balaban J connectivity index is 0. The molecule has 0 atom stereocenters. The summed E-state index contributed by atoms with van der Waals surface area (Å²) < 4.78 is 0. The van der Waals surface area contributed by atoms with Crippen molar-refractivity contribution in [2.24, 2.45) is 11.5 Å². The third-order valence-electron chi connectivity index (χ3n) is 1.62. The van der Waals surface area contributed by atoms with E-state index in [0.717, 1.165) is 39.0 Å². The van der Waals surface area contributed by atoms with Crippen LogP contribution in [-0.4, -0.2) is 45.0 Å². The number of nitrogens with two attached hydrogens (primary N) is 2. The Labute approximate surface area is 87.8 Å².